The fraction of sp³-hybridized carbons (Fsp3) is 0.750. The Hall–Kier alpha value is 0.999. The van der Waals surface area contributed by atoms with Gasteiger partial charge in [-0.15, -0.1) is 25.3 Å². The van der Waals surface area contributed by atoms with Gasteiger partial charge in [0.2, 0.25) is 0 Å². The maximum atomic E-state index is 4.61. The topological polar surface area (TPSA) is 24.1 Å². The number of rotatable bonds is 4. The van der Waals surface area contributed by atoms with Gasteiger partial charge in [0.05, 0.1) is 0 Å². The molecule has 0 aromatic carbocycles. The summed E-state index contributed by atoms with van der Waals surface area (Å²) in [6.45, 7) is 6.03. The van der Waals surface area contributed by atoms with Gasteiger partial charge in [-0.25, -0.2) is 0 Å². The number of thiol groups is 2. The molecule has 0 aromatic rings. The van der Waals surface area contributed by atoms with E-state index >= 15 is 0 Å². The van der Waals surface area contributed by atoms with Gasteiger partial charge >= 0.3 is 17.1 Å². The standard InChI is InChI=1S/2C4H9NS2.H2Se/c2*1-2-3-5-4(6)7;/h2*2-3H2,1H3,(H2,5,6,7);1H2. The minimum absolute atomic E-state index is 0. The van der Waals surface area contributed by atoms with E-state index in [2.05, 4.69) is 74.2 Å². The fourth-order valence-corrected chi connectivity index (χ4v) is 0.892. The van der Waals surface area contributed by atoms with Crippen molar-refractivity contribution in [3.63, 3.8) is 0 Å². The molecular formula is C8H20N2S4Se. The zero-order valence-corrected chi connectivity index (χ0v) is 14.6. The van der Waals surface area contributed by atoms with E-state index < -0.39 is 0 Å². The van der Waals surface area contributed by atoms with Gasteiger partial charge in [0.1, 0.15) is 8.64 Å². The molecule has 0 spiro atoms. The van der Waals surface area contributed by atoms with E-state index in [0.29, 0.717) is 8.64 Å². The van der Waals surface area contributed by atoms with Crippen LogP contribution < -0.4 is 10.6 Å². The van der Waals surface area contributed by atoms with Crippen LogP contribution in [0.5, 0.6) is 0 Å². The van der Waals surface area contributed by atoms with Crippen LogP contribution in [0.1, 0.15) is 26.7 Å². The molecule has 0 amide bonds. The van der Waals surface area contributed by atoms with Crippen LogP contribution >= 0.6 is 49.7 Å². The van der Waals surface area contributed by atoms with Gasteiger partial charge in [0, 0.05) is 13.1 Å². The molecule has 0 aliphatic heterocycles. The molecule has 0 fully saturated rings. The van der Waals surface area contributed by atoms with Crippen molar-refractivity contribution >= 4 is 75.4 Å². The number of thiocarbonyl (C=S) groups is 2. The third-order valence-electron chi connectivity index (χ3n) is 1.05. The molecule has 0 aliphatic carbocycles. The van der Waals surface area contributed by atoms with Crippen LogP contribution in [0.3, 0.4) is 0 Å². The summed E-state index contributed by atoms with van der Waals surface area (Å²) >= 11 is 16.9. The Morgan fingerprint density at radius 2 is 1.20 bits per heavy atom. The van der Waals surface area contributed by atoms with Crippen LogP contribution in [0.25, 0.3) is 0 Å². The van der Waals surface area contributed by atoms with Crippen LogP contribution in [-0.2, 0) is 0 Å². The zero-order chi connectivity index (χ0) is 11.4. The van der Waals surface area contributed by atoms with Crippen LogP contribution in [0, 0.1) is 0 Å². The van der Waals surface area contributed by atoms with Gasteiger partial charge in [0.25, 0.3) is 0 Å². The molecule has 2 N–H and O–H groups in total. The molecule has 0 unspecified atom stereocenters. The Bertz CT molecular complexity index is 149. The summed E-state index contributed by atoms with van der Waals surface area (Å²) in [4.78, 5) is 0. The van der Waals surface area contributed by atoms with Gasteiger partial charge in [0.15, 0.2) is 0 Å². The van der Waals surface area contributed by atoms with E-state index in [1.807, 2.05) is 0 Å². The third-order valence-corrected chi connectivity index (χ3v) is 1.66. The molecule has 7 heteroatoms. The first-order chi connectivity index (χ1) is 6.54. The van der Waals surface area contributed by atoms with Gasteiger partial charge in [-0.05, 0) is 12.8 Å². The number of hydrogen-bond acceptors (Lipinski definition) is 2. The van der Waals surface area contributed by atoms with Crippen molar-refractivity contribution in [3.05, 3.63) is 0 Å². The summed E-state index contributed by atoms with van der Waals surface area (Å²) in [5, 5.41) is 5.78. The van der Waals surface area contributed by atoms with Crippen LogP contribution in [-0.4, -0.2) is 38.8 Å². The second kappa shape index (κ2) is 17.4. The van der Waals surface area contributed by atoms with E-state index in [4.69, 9.17) is 0 Å². The van der Waals surface area contributed by atoms with Crippen molar-refractivity contribution in [3.8, 4) is 0 Å². The summed E-state index contributed by atoms with van der Waals surface area (Å²) in [6, 6.07) is 0. The second-order valence-corrected chi connectivity index (χ2v) is 4.78. The van der Waals surface area contributed by atoms with Crippen LogP contribution in [0.15, 0.2) is 0 Å². The van der Waals surface area contributed by atoms with Crippen molar-refractivity contribution in [2.75, 3.05) is 13.1 Å². The Morgan fingerprint density at radius 1 is 0.933 bits per heavy atom. The summed E-state index contributed by atoms with van der Waals surface area (Å²) in [7, 11) is 0. The van der Waals surface area contributed by atoms with Gasteiger partial charge in [-0.1, -0.05) is 38.3 Å². The molecule has 92 valence electrons. The van der Waals surface area contributed by atoms with Gasteiger partial charge in [-0.3, -0.25) is 0 Å². The fourth-order valence-electron chi connectivity index (χ4n) is 0.464. The SMILES string of the molecule is CCCNC(=S)S.CCCNC(=S)S.[SeH2]. The summed E-state index contributed by atoms with van der Waals surface area (Å²) < 4.78 is 1.17. The molecule has 0 rings (SSSR count). The Morgan fingerprint density at radius 3 is 1.27 bits per heavy atom. The molecule has 0 atom stereocenters. The normalized spacial score (nSPS) is 7.73. The maximum absolute atomic E-state index is 4.61. The molecule has 2 nitrogen and oxygen atoms in total. The molecule has 0 bridgehead atoms. The molecule has 0 saturated heterocycles. The first-order valence-electron chi connectivity index (χ1n) is 4.48. The van der Waals surface area contributed by atoms with Gasteiger partial charge in [-0.2, -0.15) is 0 Å². The Kier molecular flexibility index (Phi) is 24.7. The molecule has 0 radical (unpaired) electrons. The predicted molar refractivity (Wildman–Crippen MR) is 88.3 cm³/mol. The molecule has 0 aromatic heterocycles. The van der Waals surface area contributed by atoms with E-state index in [1.165, 1.54) is 0 Å². The van der Waals surface area contributed by atoms with E-state index in [1.54, 1.807) is 0 Å². The predicted octanol–water partition coefficient (Wildman–Crippen LogP) is 1.49. The Labute approximate surface area is 125 Å². The summed E-state index contributed by atoms with van der Waals surface area (Å²) in [5.74, 6) is 0. The summed E-state index contributed by atoms with van der Waals surface area (Å²) in [5.41, 5.74) is 0. The second-order valence-electron chi connectivity index (χ2n) is 2.46. The van der Waals surface area contributed by atoms with E-state index in [-0.39, 0.29) is 17.1 Å². The molecule has 15 heavy (non-hydrogen) atoms. The van der Waals surface area contributed by atoms with Crippen molar-refractivity contribution < 1.29 is 0 Å². The monoisotopic (exact) mass is 352 g/mol. The molecule has 0 heterocycles. The average Bonchev–Trinajstić information content (AvgIpc) is 2.12. The number of hydrogen-bond donors (Lipinski definition) is 4. The Balaban J connectivity index is -0.000000180. The average molecular weight is 351 g/mol. The van der Waals surface area contributed by atoms with Crippen molar-refractivity contribution in [2.24, 2.45) is 0 Å². The number of nitrogens with one attached hydrogen (secondary N) is 2. The first kappa shape index (κ1) is 21.3. The van der Waals surface area contributed by atoms with Crippen molar-refractivity contribution in [2.45, 2.75) is 26.7 Å². The minimum atomic E-state index is 0. The van der Waals surface area contributed by atoms with E-state index in [9.17, 15) is 0 Å². The molecule has 0 saturated carbocycles. The molecular weight excluding hydrogens is 331 g/mol. The van der Waals surface area contributed by atoms with Crippen LogP contribution in [0.4, 0.5) is 0 Å². The van der Waals surface area contributed by atoms with Crippen LogP contribution in [0.2, 0.25) is 0 Å². The first-order valence-corrected chi connectivity index (χ1v) is 6.19. The zero-order valence-electron chi connectivity index (χ0n) is 9.04. The van der Waals surface area contributed by atoms with Gasteiger partial charge < -0.3 is 10.6 Å². The summed E-state index contributed by atoms with van der Waals surface area (Å²) in [6.07, 6.45) is 2.20. The third kappa shape index (κ3) is 31.3. The molecule has 0 aliphatic rings. The van der Waals surface area contributed by atoms with E-state index in [0.717, 1.165) is 25.9 Å². The quantitative estimate of drug-likeness (QED) is 0.350. The van der Waals surface area contributed by atoms with Crippen molar-refractivity contribution in [1.29, 1.82) is 0 Å². The van der Waals surface area contributed by atoms with Crippen molar-refractivity contribution in [1.82, 2.24) is 10.6 Å².